The lowest BCUT2D eigenvalue weighted by Crippen LogP contribution is -2.15. The first-order chi connectivity index (χ1) is 19.6. The first-order valence-electron chi connectivity index (χ1n) is 13.5. The molecule has 4 nitrogen and oxygen atoms in total. The Balaban J connectivity index is 1.31. The summed E-state index contributed by atoms with van der Waals surface area (Å²) < 4.78 is 6.18. The van der Waals surface area contributed by atoms with Gasteiger partial charge < -0.3 is 4.42 Å². The van der Waals surface area contributed by atoms with Gasteiger partial charge in [0, 0.05) is 32.9 Å². The molecule has 8 rings (SSSR count). The van der Waals surface area contributed by atoms with E-state index in [2.05, 4.69) is 74.5 Å². The summed E-state index contributed by atoms with van der Waals surface area (Å²) in [6.45, 7) is 4.58. The largest absolute Gasteiger partial charge is 0.456 e. The van der Waals surface area contributed by atoms with E-state index in [0.29, 0.717) is 17.5 Å². The molecule has 0 aliphatic heterocycles. The van der Waals surface area contributed by atoms with E-state index in [1.807, 2.05) is 54.6 Å². The van der Waals surface area contributed by atoms with Crippen LogP contribution in [0.4, 0.5) is 0 Å². The lowest BCUT2D eigenvalue weighted by molar-refractivity contribution is 0.660. The van der Waals surface area contributed by atoms with Crippen LogP contribution in [-0.4, -0.2) is 15.0 Å². The second kappa shape index (κ2) is 8.45. The molecule has 0 saturated carbocycles. The minimum Gasteiger partial charge on any atom is -0.456 e. The average molecular weight is 516 g/mol. The molecule has 0 unspecified atom stereocenters. The molecule has 0 saturated heterocycles. The van der Waals surface area contributed by atoms with E-state index in [0.717, 1.165) is 38.6 Å². The zero-order chi connectivity index (χ0) is 26.8. The number of para-hydroxylation sites is 1. The summed E-state index contributed by atoms with van der Waals surface area (Å²) in [6.07, 6.45) is 0. The predicted octanol–water partition coefficient (Wildman–Crippen LogP) is 9.08. The van der Waals surface area contributed by atoms with Crippen LogP contribution >= 0.6 is 0 Å². The first kappa shape index (κ1) is 22.9. The second-order valence-corrected chi connectivity index (χ2v) is 10.9. The van der Waals surface area contributed by atoms with Crippen LogP contribution < -0.4 is 0 Å². The molecule has 2 aromatic heterocycles. The fourth-order valence-corrected chi connectivity index (χ4v) is 6.06. The van der Waals surface area contributed by atoms with Gasteiger partial charge in [-0.05, 0) is 46.5 Å². The fraction of sp³-hybridized carbons (Fsp3) is 0.0833. The maximum atomic E-state index is 6.18. The summed E-state index contributed by atoms with van der Waals surface area (Å²) in [6, 6.07) is 39.7. The predicted molar refractivity (Wildman–Crippen MR) is 161 cm³/mol. The minimum absolute atomic E-state index is 0.105. The van der Waals surface area contributed by atoms with Gasteiger partial charge in [-0.15, -0.1) is 0 Å². The van der Waals surface area contributed by atoms with Crippen molar-refractivity contribution in [3.63, 3.8) is 0 Å². The minimum atomic E-state index is -0.105. The molecule has 0 atom stereocenters. The number of benzene rings is 5. The molecule has 40 heavy (non-hydrogen) atoms. The molecule has 2 heterocycles. The van der Waals surface area contributed by atoms with Crippen molar-refractivity contribution in [2.75, 3.05) is 0 Å². The molecule has 0 amide bonds. The Morgan fingerprint density at radius 2 is 1.07 bits per heavy atom. The van der Waals surface area contributed by atoms with Gasteiger partial charge in [0.05, 0.1) is 0 Å². The number of nitrogens with zero attached hydrogens (tertiary/aromatic N) is 3. The third kappa shape index (κ3) is 3.43. The van der Waals surface area contributed by atoms with E-state index in [9.17, 15) is 0 Å². The van der Waals surface area contributed by atoms with Crippen molar-refractivity contribution in [1.29, 1.82) is 0 Å². The average Bonchev–Trinajstić information content (AvgIpc) is 3.49. The van der Waals surface area contributed by atoms with Crippen molar-refractivity contribution in [2.24, 2.45) is 0 Å². The maximum Gasteiger partial charge on any atom is 0.164 e. The summed E-state index contributed by atoms with van der Waals surface area (Å²) in [5.74, 6) is 1.92. The Morgan fingerprint density at radius 1 is 0.475 bits per heavy atom. The lowest BCUT2D eigenvalue weighted by atomic mass is 9.82. The summed E-state index contributed by atoms with van der Waals surface area (Å²) in [5, 5.41) is 2.18. The van der Waals surface area contributed by atoms with Crippen molar-refractivity contribution in [1.82, 2.24) is 15.0 Å². The Kier molecular flexibility index (Phi) is 4.83. The van der Waals surface area contributed by atoms with Gasteiger partial charge in [-0.2, -0.15) is 0 Å². The molecule has 5 aromatic carbocycles. The Morgan fingerprint density at radius 3 is 1.90 bits per heavy atom. The third-order valence-corrected chi connectivity index (χ3v) is 8.15. The lowest BCUT2D eigenvalue weighted by Gasteiger charge is -2.21. The molecule has 1 aliphatic rings. The van der Waals surface area contributed by atoms with Crippen LogP contribution in [0.5, 0.6) is 0 Å². The van der Waals surface area contributed by atoms with Crippen molar-refractivity contribution < 1.29 is 4.42 Å². The van der Waals surface area contributed by atoms with Gasteiger partial charge in [0.1, 0.15) is 11.2 Å². The van der Waals surface area contributed by atoms with Crippen LogP contribution in [0.2, 0.25) is 0 Å². The zero-order valence-electron chi connectivity index (χ0n) is 22.2. The first-order valence-corrected chi connectivity index (χ1v) is 13.5. The SMILES string of the molecule is CC1(C)c2ccccc2-c2ccc(-c3nc(-c4ccccc4)nc(-c4ccc5c(c4)oc4ccccc45)n3)cc21. The third-order valence-electron chi connectivity index (χ3n) is 8.15. The van der Waals surface area contributed by atoms with Crippen molar-refractivity contribution in [3.05, 3.63) is 126 Å². The van der Waals surface area contributed by atoms with Crippen LogP contribution in [0.15, 0.2) is 120 Å². The van der Waals surface area contributed by atoms with Gasteiger partial charge in [-0.25, -0.2) is 15.0 Å². The van der Waals surface area contributed by atoms with Crippen molar-refractivity contribution >= 4 is 21.9 Å². The molecule has 0 N–H and O–H groups in total. The number of aromatic nitrogens is 3. The van der Waals surface area contributed by atoms with E-state index in [1.165, 1.54) is 22.3 Å². The van der Waals surface area contributed by atoms with E-state index in [1.54, 1.807) is 0 Å². The monoisotopic (exact) mass is 515 g/mol. The van der Waals surface area contributed by atoms with Gasteiger partial charge in [0.2, 0.25) is 0 Å². The highest BCUT2D eigenvalue weighted by molar-refractivity contribution is 6.05. The molecule has 7 aromatic rings. The van der Waals surface area contributed by atoms with Crippen LogP contribution in [0, 0.1) is 0 Å². The quantitative estimate of drug-likeness (QED) is 0.235. The molecule has 0 bridgehead atoms. The Hall–Kier alpha value is -5.09. The smallest absolute Gasteiger partial charge is 0.164 e. The second-order valence-electron chi connectivity index (χ2n) is 10.9. The standard InChI is InChI=1S/C36H25N3O/c1-36(2)29-14-8-6-12-25(29)26-18-16-23(20-30(26)36)34-37-33(22-10-4-3-5-11-22)38-35(39-34)24-17-19-28-27-13-7-9-15-31(27)40-32(28)21-24/h3-21H,1-2H3. The molecule has 0 radical (unpaired) electrons. The molecule has 190 valence electrons. The highest BCUT2D eigenvalue weighted by Crippen LogP contribution is 2.49. The highest BCUT2D eigenvalue weighted by Gasteiger charge is 2.35. The van der Waals surface area contributed by atoms with E-state index < -0.39 is 0 Å². The van der Waals surface area contributed by atoms with E-state index >= 15 is 0 Å². The summed E-state index contributed by atoms with van der Waals surface area (Å²) in [4.78, 5) is 14.9. The number of furan rings is 1. The van der Waals surface area contributed by atoms with E-state index in [-0.39, 0.29) is 5.41 Å². The summed E-state index contributed by atoms with van der Waals surface area (Å²) >= 11 is 0. The van der Waals surface area contributed by atoms with Crippen LogP contribution in [0.25, 0.3) is 67.2 Å². The number of hydrogen-bond donors (Lipinski definition) is 0. The molecular formula is C36H25N3O. The van der Waals surface area contributed by atoms with Crippen LogP contribution in [-0.2, 0) is 5.41 Å². The maximum absolute atomic E-state index is 6.18. The number of fused-ring (bicyclic) bond motifs is 6. The highest BCUT2D eigenvalue weighted by atomic mass is 16.3. The Labute approximate surface area is 232 Å². The summed E-state index contributed by atoms with van der Waals surface area (Å²) in [5.41, 5.74) is 9.62. The van der Waals surface area contributed by atoms with Gasteiger partial charge in [0.15, 0.2) is 17.5 Å². The molecule has 0 fully saturated rings. The van der Waals surface area contributed by atoms with Gasteiger partial charge >= 0.3 is 0 Å². The molecular weight excluding hydrogens is 490 g/mol. The van der Waals surface area contributed by atoms with Crippen LogP contribution in [0.1, 0.15) is 25.0 Å². The molecule has 0 spiro atoms. The normalized spacial score (nSPS) is 13.4. The van der Waals surface area contributed by atoms with Crippen LogP contribution in [0.3, 0.4) is 0 Å². The van der Waals surface area contributed by atoms with Gasteiger partial charge in [-0.3, -0.25) is 0 Å². The number of hydrogen-bond acceptors (Lipinski definition) is 4. The molecule has 4 heteroatoms. The van der Waals surface area contributed by atoms with Gasteiger partial charge in [0.25, 0.3) is 0 Å². The topological polar surface area (TPSA) is 51.8 Å². The van der Waals surface area contributed by atoms with Gasteiger partial charge in [-0.1, -0.05) is 105 Å². The summed E-state index contributed by atoms with van der Waals surface area (Å²) in [7, 11) is 0. The Bertz CT molecular complexity index is 2090. The zero-order valence-corrected chi connectivity index (χ0v) is 22.2. The van der Waals surface area contributed by atoms with Crippen molar-refractivity contribution in [2.45, 2.75) is 19.3 Å². The van der Waals surface area contributed by atoms with Crippen molar-refractivity contribution in [3.8, 4) is 45.3 Å². The fourth-order valence-electron chi connectivity index (χ4n) is 6.06. The number of rotatable bonds is 3. The molecule has 1 aliphatic carbocycles. The van der Waals surface area contributed by atoms with E-state index in [4.69, 9.17) is 19.4 Å².